The van der Waals surface area contributed by atoms with Crippen LogP contribution in [-0.4, -0.2) is 24.3 Å². The molecular weight excluding hydrogens is 294 g/mol. The lowest BCUT2D eigenvalue weighted by Crippen LogP contribution is -2.48. The van der Waals surface area contributed by atoms with Crippen molar-refractivity contribution < 1.29 is 4.65 Å². The molecule has 2 aliphatic rings. The van der Waals surface area contributed by atoms with E-state index in [-0.39, 0.29) is 4.65 Å². The molecule has 0 radical (unpaired) electrons. The molecule has 2 aromatic carbocycles. The molecule has 1 heterocycles. The lowest BCUT2D eigenvalue weighted by Gasteiger charge is -2.48. The fourth-order valence-electron chi connectivity index (χ4n) is 4.45. The van der Waals surface area contributed by atoms with Gasteiger partial charge in [0, 0.05) is 18.8 Å². The minimum Gasteiger partial charge on any atom is -0.633 e. The van der Waals surface area contributed by atoms with Crippen molar-refractivity contribution in [3.63, 3.8) is 0 Å². The average Bonchev–Trinajstić information content (AvgIpc) is 2.80. The van der Waals surface area contributed by atoms with Crippen molar-refractivity contribution in [2.45, 2.75) is 25.7 Å². The number of nitrogens with zero attached hydrogens (tertiary/aromatic N) is 1. The third-order valence-electron chi connectivity index (χ3n) is 5.97. The van der Waals surface area contributed by atoms with Gasteiger partial charge in [0.2, 0.25) is 0 Å². The van der Waals surface area contributed by atoms with Gasteiger partial charge in [0.15, 0.2) is 0 Å². The van der Waals surface area contributed by atoms with E-state index in [1.165, 1.54) is 22.3 Å². The molecule has 0 spiro atoms. The lowest BCUT2D eigenvalue weighted by atomic mass is 9.74. The van der Waals surface area contributed by atoms with E-state index in [0.717, 1.165) is 25.9 Å². The number of benzene rings is 2. The molecule has 1 aliphatic heterocycles. The van der Waals surface area contributed by atoms with Gasteiger partial charge in [-0.3, -0.25) is 0 Å². The first-order valence-corrected chi connectivity index (χ1v) is 9.13. The minimum atomic E-state index is -0.00916. The molecular formula is C22H25NO. The molecule has 0 saturated carbocycles. The Hall–Kier alpha value is -1.90. The Kier molecular flexibility index (Phi) is 4.03. The van der Waals surface area contributed by atoms with Crippen LogP contribution in [0.15, 0.2) is 48.5 Å². The number of piperidine rings is 1. The molecule has 1 aliphatic carbocycles. The van der Waals surface area contributed by atoms with Crippen LogP contribution in [0, 0.1) is 11.1 Å². The van der Waals surface area contributed by atoms with Gasteiger partial charge in [-0.15, -0.1) is 0 Å². The molecule has 0 amide bonds. The van der Waals surface area contributed by atoms with Crippen molar-refractivity contribution in [2.24, 2.45) is 5.92 Å². The molecule has 0 atom stereocenters. The molecule has 124 valence electrons. The molecule has 1 fully saturated rings. The van der Waals surface area contributed by atoms with E-state index >= 15 is 0 Å². The van der Waals surface area contributed by atoms with E-state index in [2.05, 4.69) is 60.7 Å². The van der Waals surface area contributed by atoms with Crippen molar-refractivity contribution >= 4 is 12.2 Å². The van der Waals surface area contributed by atoms with Crippen molar-refractivity contribution in [3.8, 4) is 0 Å². The summed E-state index contributed by atoms with van der Waals surface area (Å²) in [5.74, 6) is 0.956. The molecule has 24 heavy (non-hydrogen) atoms. The van der Waals surface area contributed by atoms with E-state index in [9.17, 15) is 5.21 Å². The van der Waals surface area contributed by atoms with Crippen LogP contribution in [0.5, 0.6) is 0 Å². The number of hydrogen-bond acceptors (Lipinski definition) is 1. The Morgan fingerprint density at radius 1 is 0.875 bits per heavy atom. The maximum Gasteiger partial charge on any atom is 0.0786 e. The van der Waals surface area contributed by atoms with Gasteiger partial charge in [0.1, 0.15) is 0 Å². The highest BCUT2D eigenvalue weighted by Gasteiger charge is 2.34. The Balaban J connectivity index is 1.76. The first kappa shape index (κ1) is 15.6. The van der Waals surface area contributed by atoms with Crippen LogP contribution < -0.4 is 0 Å². The standard InChI is InChI=1S/C22H25NO/c1-2-23(24)15-13-19(14-16-23)22-20-9-5-3-7-17(20)11-12-18-8-4-6-10-21(18)22/h3-12,19,22H,2,13-16H2,1H3. The Morgan fingerprint density at radius 2 is 1.38 bits per heavy atom. The van der Waals surface area contributed by atoms with Crippen LogP contribution in [0.2, 0.25) is 0 Å². The summed E-state index contributed by atoms with van der Waals surface area (Å²) >= 11 is 0. The number of rotatable bonds is 2. The second-order valence-electron chi connectivity index (χ2n) is 7.23. The van der Waals surface area contributed by atoms with Crippen molar-refractivity contribution in [1.29, 1.82) is 0 Å². The fourth-order valence-corrected chi connectivity index (χ4v) is 4.45. The number of quaternary nitrogens is 1. The largest absolute Gasteiger partial charge is 0.633 e. The molecule has 0 aromatic heterocycles. The van der Waals surface area contributed by atoms with Gasteiger partial charge in [-0.25, -0.2) is 0 Å². The fraction of sp³-hybridized carbons (Fsp3) is 0.364. The van der Waals surface area contributed by atoms with Crippen LogP contribution in [-0.2, 0) is 0 Å². The second-order valence-corrected chi connectivity index (χ2v) is 7.23. The first-order valence-electron chi connectivity index (χ1n) is 9.13. The summed E-state index contributed by atoms with van der Waals surface area (Å²) in [5, 5.41) is 12.6. The van der Waals surface area contributed by atoms with Crippen LogP contribution in [0.4, 0.5) is 0 Å². The monoisotopic (exact) mass is 319 g/mol. The molecule has 0 bridgehead atoms. The minimum absolute atomic E-state index is 0.00916. The quantitative estimate of drug-likeness (QED) is 0.561. The van der Waals surface area contributed by atoms with Crippen LogP contribution in [0.3, 0.4) is 0 Å². The third-order valence-corrected chi connectivity index (χ3v) is 5.97. The molecule has 0 N–H and O–H groups in total. The summed E-state index contributed by atoms with van der Waals surface area (Å²) in [5.41, 5.74) is 5.49. The summed E-state index contributed by atoms with van der Waals surface area (Å²) < 4.78 is -0.00916. The normalized spacial score (nSPS) is 26.5. The van der Waals surface area contributed by atoms with Gasteiger partial charge >= 0.3 is 0 Å². The van der Waals surface area contributed by atoms with E-state index in [1.807, 2.05) is 6.92 Å². The van der Waals surface area contributed by atoms with E-state index < -0.39 is 0 Å². The maximum absolute atomic E-state index is 12.6. The smallest absolute Gasteiger partial charge is 0.0786 e. The summed E-state index contributed by atoms with van der Waals surface area (Å²) in [4.78, 5) is 0. The number of likely N-dealkylation sites (tertiary alicyclic amines) is 1. The SMILES string of the molecule is CC[N+]1([O-])CCC(C2c3ccccc3C=Cc3ccccc32)CC1. The number of hydroxylamine groups is 3. The van der Waals surface area contributed by atoms with Gasteiger partial charge in [-0.2, -0.15) is 0 Å². The zero-order valence-electron chi connectivity index (χ0n) is 14.3. The van der Waals surface area contributed by atoms with Crippen LogP contribution in [0.1, 0.15) is 47.9 Å². The van der Waals surface area contributed by atoms with Gasteiger partial charge in [-0.1, -0.05) is 60.7 Å². The van der Waals surface area contributed by atoms with Crippen molar-refractivity contribution in [1.82, 2.24) is 0 Å². The Labute approximate surface area is 144 Å². The number of hydrogen-bond donors (Lipinski definition) is 0. The van der Waals surface area contributed by atoms with Gasteiger partial charge in [-0.05, 0) is 35.1 Å². The molecule has 0 unspecified atom stereocenters. The van der Waals surface area contributed by atoms with Crippen LogP contribution in [0.25, 0.3) is 12.2 Å². The molecule has 2 nitrogen and oxygen atoms in total. The summed E-state index contributed by atoms with van der Waals surface area (Å²) in [6.45, 7) is 4.24. The molecule has 4 rings (SSSR count). The van der Waals surface area contributed by atoms with E-state index in [0.29, 0.717) is 18.4 Å². The van der Waals surface area contributed by atoms with Crippen LogP contribution >= 0.6 is 0 Å². The summed E-state index contributed by atoms with van der Waals surface area (Å²) in [6.07, 6.45) is 6.53. The highest BCUT2D eigenvalue weighted by atomic mass is 16.5. The van der Waals surface area contributed by atoms with Crippen molar-refractivity contribution in [3.05, 3.63) is 76.0 Å². The highest BCUT2D eigenvalue weighted by Crippen LogP contribution is 2.43. The predicted molar refractivity (Wildman–Crippen MR) is 100 cm³/mol. The third kappa shape index (κ3) is 2.70. The van der Waals surface area contributed by atoms with Gasteiger partial charge < -0.3 is 9.85 Å². The lowest BCUT2D eigenvalue weighted by molar-refractivity contribution is -0.885. The Bertz CT molecular complexity index is 707. The zero-order chi connectivity index (χ0) is 16.6. The molecule has 2 aromatic rings. The first-order chi connectivity index (χ1) is 11.7. The number of fused-ring (bicyclic) bond motifs is 2. The molecule has 1 saturated heterocycles. The second kappa shape index (κ2) is 6.19. The predicted octanol–water partition coefficient (Wildman–Crippen LogP) is 5.05. The summed E-state index contributed by atoms with van der Waals surface area (Å²) in [7, 11) is 0. The molecule has 2 heteroatoms. The highest BCUT2D eigenvalue weighted by molar-refractivity contribution is 5.76. The average molecular weight is 319 g/mol. The van der Waals surface area contributed by atoms with Gasteiger partial charge in [0.25, 0.3) is 0 Å². The topological polar surface area (TPSA) is 23.1 Å². The van der Waals surface area contributed by atoms with E-state index in [4.69, 9.17) is 0 Å². The summed E-state index contributed by atoms with van der Waals surface area (Å²) in [6, 6.07) is 17.5. The van der Waals surface area contributed by atoms with E-state index in [1.54, 1.807) is 0 Å². The Morgan fingerprint density at radius 3 is 1.88 bits per heavy atom. The maximum atomic E-state index is 12.6. The van der Waals surface area contributed by atoms with Crippen molar-refractivity contribution in [2.75, 3.05) is 19.6 Å². The van der Waals surface area contributed by atoms with Gasteiger partial charge in [0.05, 0.1) is 19.6 Å². The zero-order valence-corrected chi connectivity index (χ0v) is 14.3.